The normalized spacial score (nSPS) is 21.9. The highest BCUT2D eigenvalue weighted by atomic mass is 19.1. The molecule has 2 aromatic carbocycles. The molecule has 1 atom stereocenters. The first kappa shape index (κ1) is 11.9. The molecule has 19 heavy (non-hydrogen) atoms. The van der Waals surface area contributed by atoms with Gasteiger partial charge >= 0.3 is 0 Å². The van der Waals surface area contributed by atoms with Crippen molar-refractivity contribution in [3.05, 3.63) is 71.5 Å². The van der Waals surface area contributed by atoms with Crippen molar-refractivity contribution >= 4 is 5.71 Å². The minimum Gasteiger partial charge on any atom is -0.379 e. The molecule has 3 heteroatoms. The van der Waals surface area contributed by atoms with Crippen molar-refractivity contribution in [3.8, 4) is 0 Å². The average Bonchev–Trinajstić information content (AvgIpc) is 2.84. The zero-order valence-corrected chi connectivity index (χ0v) is 10.6. The maximum Gasteiger partial charge on any atom is 0.193 e. The molecule has 96 valence electrons. The Morgan fingerprint density at radius 2 is 1.63 bits per heavy atom. The number of halogens is 1. The first-order valence-corrected chi connectivity index (χ1v) is 6.24. The van der Waals surface area contributed by atoms with Crippen LogP contribution in [0.25, 0.3) is 0 Å². The van der Waals surface area contributed by atoms with E-state index in [1.807, 2.05) is 37.3 Å². The van der Waals surface area contributed by atoms with Crippen molar-refractivity contribution in [1.29, 1.82) is 0 Å². The Balaban J connectivity index is 2.11. The van der Waals surface area contributed by atoms with E-state index in [9.17, 15) is 4.39 Å². The van der Waals surface area contributed by atoms with Crippen LogP contribution < -0.4 is 0 Å². The number of hydrogen-bond donors (Lipinski definition) is 0. The molecule has 0 bridgehead atoms. The van der Waals surface area contributed by atoms with Gasteiger partial charge in [-0.05, 0) is 19.1 Å². The molecule has 0 radical (unpaired) electrons. The third kappa shape index (κ3) is 2.01. The van der Waals surface area contributed by atoms with E-state index in [0.29, 0.717) is 6.42 Å². The largest absolute Gasteiger partial charge is 0.379 e. The summed E-state index contributed by atoms with van der Waals surface area (Å²) >= 11 is 0. The van der Waals surface area contributed by atoms with Gasteiger partial charge in [0.05, 0.1) is 5.71 Å². The van der Waals surface area contributed by atoms with E-state index in [0.717, 1.165) is 16.8 Å². The lowest BCUT2D eigenvalue weighted by atomic mass is 9.83. The predicted octanol–water partition coefficient (Wildman–Crippen LogP) is 3.87. The summed E-state index contributed by atoms with van der Waals surface area (Å²) in [7, 11) is 0. The van der Waals surface area contributed by atoms with Crippen LogP contribution in [0.15, 0.2) is 59.8 Å². The van der Waals surface area contributed by atoms with Gasteiger partial charge in [-0.15, -0.1) is 0 Å². The highest BCUT2D eigenvalue weighted by molar-refractivity contribution is 5.84. The summed E-state index contributed by atoms with van der Waals surface area (Å²) in [6, 6.07) is 16.4. The van der Waals surface area contributed by atoms with Crippen molar-refractivity contribution < 1.29 is 9.23 Å². The van der Waals surface area contributed by atoms with Crippen LogP contribution in [-0.4, -0.2) is 5.71 Å². The smallest absolute Gasteiger partial charge is 0.193 e. The number of rotatable bonds is 2. The minimum absolute atomic E-state index is 0.248. The maximum absolute atomic E-state index is 13.1. The number of hydrogen-bond acceptors (Lipinski definition) is 2. The van der Waals surface area contributed by atoms with Crippen molar-refractivity contribution in [1.82, 2.24) is 0 Å². The van der Waals surface area contributed by atoms with E-state index < -0.39 is 5.60 Å². The highest BCUT2D eigenvalue weighted by Gasteiger charge is 2.41. The molecule has 0 aliphatic carbocycles. The van der Waals surface area contributed by atoms with E-state index >= 15 is 0 Å². The average molecular weight is 255 g/mol. The highest BCUT2D eigenvalue weighted by Crippen LogP contribution is 2.41. The Kier molecular flexibility index (Phi) is 2.82. The van der Waals surface area contributed by atoms with E-state index in [4.69, 9.17) is 4.84 Å². The van der Waals surface area contributed by atoms with Crippen LogP contribution in [0, 0.1) is 5.82 Å². The fourth-order valence-electron chi connectivity index (χ4n) is 2.48. The van der Waals surface area contributed by atoms with Gasteiger partial charge in [0.1, 0.15) is 5.82 Å². The summed E-state index contributed by atoms with van der Waals surface area (Å²) in [6.07, 6.45) is 0.683. The van der Waals surface area contributed by atoms with Gasteiger partial charge in [0.15, 0.2) is 5.60 Å². The van der Waals surface area contributed by atoms with Crippen molar-refractivity contribution in [3.63, 3.8) is 0 Å². The maximum atomic E-state index is 13.1. The van der Waals surface area contributed by atoms with Gasteiger partial charge < -0.3 is 4.84 Å². The van der Waals surface area contributed by atoms with Gasteiger partial charge in [-0.1, -0.05) is 47.6 Å². The van der Waals surface area contributed by atoms with Gasteiger partial charge in [-0.3, -0.25) is 0 Å². The van der Waals surface area contributed by atoms with Crippen molar-refractivity contribution in [2.24, 2.45) is 5.16 Å². The molecule has 1 unspecified atom stereocenters. The van der Waals surface area contributed by atoms with Gasteiger partial charge in [0.2, 0.25) is 0 Å². The quantitative estimate of drug-likeness (QED) is 0.798. The number of oxime groups is 1. The summed E-state index contributed by atoms with van der Waals surface area (Å²) in [5.41, 5.74) is 2.26. The lowest BCUT2D eigenvalue weighted by Crippen LogP contribution is -2.27. The zero-order valence-electron chi connectivity index (χ0n) is 10.6. The fraction of sp³-hybridized carbons (Fsp3) is 0.188. The lowest BCUT2D eigenvalue weighted by Gasteiger charge is -2.27. The van der Waals surface area contributed by atoms with Crippen LogP contribution in [0.4, 0.5) is 4.39 Å². The van der Waals surface area contributed by atoms with Gasteiger partial charge in [0, 0.05) is 17.5 Å². The Bertz CT molecular complexity index is 606. The first-order valence-electron chi connectivity index (χ1n) is 6.24. The molecule has 1 aliphatic heterocycles. The molecule has 2 nitrogen and oxygen atoms in total. The minimum atomic E-state index is -0.626. The molecule has 0 N–H and O–H groups in total. The van der Waals surface area contributed by atoms with Crippen molar-refractivity contribution in [2.75, 3.05) is 0 Å². The third-order valence-electron chi connectivity index (χ3n) is 3.41. The lowest BCUT2D eigenvalue weighted by molar-refractivity contribution is 0.0111. The van der Waals surface area contributed by atoms with Gasteiger partial charge in [-0.2, -0.15) is 0 Å². The predicted molar refractivity (Wildman–Crippen MR) is 72.4 cm³/mol. The molecule has 0 saturated heterocycles. The molecule has 0 aromatic heterocycles. The summed E-state index contributed by atoms with van der Waals surface area (Å²) in [4.78, 5) is 5.73. The van der Waals surface area contributed by atoms with E-state index in [1.54, 1.807) is 12.1 Å². The van der Waals surface area contributed by atoms with Crippen LogP contribution in [0.2, 0.25) is 0 Å². The monoisotopic (exact) mass is 255 g/mol. The van der Waals surface area contributed by atoms with Gasteiger partial charge in [-0.25, -0.2) is 4.39 Å². The number of benzene rings is 2. The summed E-state index contributed by atoms with van der Waals surface area (Å²) in [5.74, 6) is -0.248. The van der Waals surface area contributed by atoms with E-state index in [1.165, 1.54) is 12.1 Å². The molecule has 3 rings (SSSR count). The molecule has 2 aromatic rings. The summed E-state index contributed by atoms with van der Waals surface area (Å²) in [6.45, 7) is 1.94. The molecule has 0 saturated carbocycles. The topological polar surface area (TPSA) is 21.6 Å². The standard InChI is InChI=1S/C16H14FNO/c1-12-11-16(19-18-12,13-5-3-2-4-6-13)14-7-9-15(17)10-8-14/h2-10H,11H2,1H3. The van der Waals surface area contributed by atoms with Crippen molar-refractivity contribution in [2.45, 2.75) is 18.9 Å². The van der Waals surface area contributed by atoms with Crippen LogP contribution >= 0.6 is 0 Å². The Morgan fingerprint density at radius 1 is 1.00 bits per heavy atom. The second kappa shape index (κ2) is 4.50. The Labute approximate surface area is 111 Å². The second-order valence-electron chi connectivity index (χ2n) is 4.79. The van der Waals surface area contributed by atoms with Crippen LogP contribution in [0.1, 0.15) is 24.5 Å². The van der Waals surface area contributed by atoms with Crippen LogP contribution in [-0.2, 0) is 10.4 Å². The molecule has 1 heterocycles. The molecule has 0 amide bonds. The first-order chi connectivity index (χ1) is 9.21. The van der Waals surface area contributed by atoms with E-state index in [2.05, 4.69) is 5.16 Å². The zero-order chi connectivity index (χ0) is 13.3. The summed E-state index contributed by atoms with van der Waals surface area (Å²) in [5, 5.41) is 4.09. The molecule has 1 aliphatic rings. The fourth-order valence-corrected chi connectivity index (χ4v) is 2.48. The molecule has 0 spiro atoms. The Morgan fingerprint density at radius 3 is 2.21 bits per heavy atom. The van der Waals surface area contributed by atoms with Crippen LogP contribution in [0.3, 0.4) is 0 Å². The number of nitrogens with zero attached hydrogens (tertiary/aromatic N) is 1. The SMILES string of the molecule is CC1=NOC(c2ccccc2)(c2ccc(F)cc2)C1. The van der Waals surface area contributed by atoms with E-state index in [-0.39, 0.29) is 5.82 Å². The summed E-state index contributed by atoms with van der Waals surface area (Å²) < 4.78 is 13.1. The third-order valence-corrected chi connectivity index (χ3v) is 3.41. The van der Waals surface area contributed by atoms with Gasteiger partial charge in [0.25, 0.3) is 0 Å². The molecule has 0 fully saturated rings. The second-order valence-corrected chi connectivity index (χ2v) is 4.79. The Hall–Kier alpha value is -2.16. The molecular formula is C16H14FNO. The van der Waals surface area contributed by atoms with Crippen LogP contribution in [0.5, 0.6) is 0 Å². The molecular weight excluding hydrogens is 241 g/mol.